The molecule has 0 radical (unpaired) electrons. The third-order valence-corrected chi connectivity index (χ3v) is 0.882. The number of nitro groups is 1. The van der Waals surface area contributed by atoms with Crippen molar-refractivity contribution in [3.05, 3.63) is 34.6 Å². The smallest absolute Gasteiger partial charge is 0.162 e. The van der Waals surface area contributed by atoms with Crippen molar-refractivity contribution in [3.63, 3.8) is 0 Å². The van der Waals surface area contributed by atoms with E-state index in [0.717, 1.165) is 0 Å². The molecule has 0 unspecified atom stereocenters. The van der Waals surface area contributed by atoms with Crippen LogP contribution in [0.3, 0.4) is 0 Å². The maximum absolute atomic E-state index is 9.84. The number of hydrogen-bond donors (Lipinski definition) is 1. The molecular weight excluding hydrogens is 134 g/mol. The molecule has 0 bridgehead atoms. The van der Waals surface area contributed by atoms with Gasteiger partial charge < -0.3 is 0 Å². The monoisotopic (exact) mass is 139 g/mol. The topological polar surface area (TPSA) is 68.1 Å². The normalized spacial score (nSPS) is 8.80. The van der Waals surface area contributed by atoms with E-state index in [9.17, 15) is 10.1 Å². The highest BCUT2D eigenvalue weighted by Crippen LogP contribution is 2.00. The van der Waals surface area contributed by atoms with Crippen LogP contribution in [-0.4, -0.2) is 10.0 Å². The van der Waals surface area contributed by atoms with Crippen molar-refractivity contribution in [2.45, 2.75) is 0 Å². The van der Waals surface area contributed by atoms with Crippen molar-refractivity contribution in [1.29, 1.82) is 0 Å². The Hall–Kier alpha value is -1.65. The van der Waals surface area contributed by atoms with Gasteiger partial charge in [0.25, 0.3) is 0 Å². The standard InChI is InChI=1S/C5H5N3O2/c9-8(10)7-5-2-1-3-6-4-5/h1-4,7H. The summed E-state index contributed by atoms with van der Waals surface area (Å²) in [5, 5.41) is 9.21. The maximum Gasteiger partial charge on any atom is 0.162 e. The zero-order valence-electron chi connectivity index (χ0n) is 5.02. The molecule has 1 aromatic heterocycles. The molecule has 5 nitrogen and oxygen atoms in total. The first-order chi connectivity index (χ1) is 4.79. The van der Waals surface area contributed by atoms with Crippen LogP contribution in [0.1, 0.15) is 0 Å². The van der Waals surface area contributed by atoms with E-state index in [1.54, 1.807) is 18.3 Å². The summed E-state index contributed by atoms with van der Waals surface area (Å²) in [7, 11) is 0. The molecule has 10 heavy (non-hydrogen) atoms. The molecule has 0 saturated carbocycles. The molecule has 52 valence electrons. The lowest BCUT2D eigenvalue weighted by atomic mass is 10.4. The lowest BCUT2D eigenvalue weighted by Crippen LogP contribution is -2.07. The molecule has 1 aromatic rings. The van der Waals surface area contributed by atoms with E-state index in [1.807, 2.05) is 5.43 Å². The van der Waals surface area contributed by atoms with E-state index in [2.05, 4.69) is 4.98 Å². The fraction of sp³-hybridized carbons (Fsp3) is 0. The Morgan fingerprint density at radius 3 is 3.00 bits per heavy atom. The number of pyridine rings is 1. The molecule has 0 spiro atoms. The van der Waals surface area contributed by atoms with Gasteiger partial charge in [-0.15, -0.1) is 5.43 Å². The zero-order valence-corrected chi connectivity index (χ0v) is 5.02. The second-order valence-electron chi connectivity index (χ2n) is 1.61. The molecule has 0 aliphatic rings. The Labute approximate surface area is 56.8 Å². The number of aromatic nitrogens is 1. The van der Waals surface area contributed by atoms with E-state index in [1.165, 1.54) is 6.20 Å². The fourth-order valence-electron chi connectivity index (χ4n) is 0.534. The van der Waals surface area contributed by atoms with Crippen molar-refractivity contribution >= 4 is 5.69 Å². The Morgan fingerprint density at radius 1 is 1.70 bits per heavy atom. The van der Waals surface area contributed by atoms with Gasteiger partial charge in [0.05, 0.1) is 6.20 Å². The summed E-state index contributed by atoms with van der Waals surface area (Å²) in [5.41, 5.74) is 2.35. The minimum absolute atomic E-state index is 0.382. The molecule has 0 saturated heterocycles. The van der Waals surface area contributed by atoms with Crippen LogP contribution in [0.4, 0.5) is 5.69 Å². The molecule has 0 aliphatic heterocycles. The van der Waals surface area contributed by atoms with Gasteiger partial charge in [-0.25, -0.2) is 10.1 Å². The molecule has 5 heteroatoms. The van der Waals surface area contributed by atoms with Gasteiger partial charge in [-0.3, -0.25) is 4.98 Å². The molecular formula is C5H5N3O2. The van der Waals surface area contributed by atoms with Crippen LogP contribution in [0.15, 0.2) is 24.5 Å². The predicted octanol–water partition coefficient (Wildman–Crippen LogP) is 0.685. The van der Waals surface area contributed by atoms with E-state index >= 15 is 0 Å². The van der Waals surface area contributed by atoms with Crippen molar-refractivity contribution in [1.82, 2.24) is 4.98 Å². The third kappa shape index (κ3) is 1.70. The lowest BCUT2D eigenvalue weighted by Gasteiger charge is -1.92. The summed E-state index contributed by atoms with van der Waals surface area (Å²) < 4.78 is 0. The van der Waals surface area contributed by atoms with Gasteiger partial charge in [0, 0.05) is 6.20 Å². The average molecular weight is 139 g/mol. The summed E-state index contributed by atoms with van der Waals surface area (Å²) in [6.45, 7) is 0. The minimum Gasteiger partial charge on any atom is -0.262 e. The first-order valence-electron chi connectivity index (χ1n) is 2.60. The molecule has 0 atom stereocenters. The second-order valence-corrected chi connectivity index (χ2v) is 1.61. The third-order valence-electron chi connectivity index (χ3n) is 0.882. The SMILES string of the molecule is O=[N+]([O-])Nc1cccnc1. The van der Waals surface area contributed by atoms with Crippen LogP contribution in [0.25, 0.3) is 0 Å². The lowest BCUT2D eigenvalue weighted by molar-refractivity contribution is -0.445. The van der Waals surface area contributed by atoms with Crippen LogP contribution in [0, 0.1) is 10.1 Å². The average Bonchev–Trinajstić information content (AvgIpc) is 1.88. The van der Waals surface area contributed by atoms with Crippen molar-refractivity contribution in [2.75, 3.05) is 5.43 Å². The molecule has 1 rings (SSSR count). The number of rotatable bonds is 2. The first-order valence-corrected chi connectivity index (χ1v) is 2.60. The summed E-state index contributed by atoms with van der Waals surface area (Å²) >= 11 is 0. The number of hydrazine groups is 1. The maximum atomic E-state index is 9.84. The number of anilines is 1. The van der Waals surface area contributed by atoms with Gasteiger partial charge in [-0.2, -0.15) is 0 Å². The molecule has 1 N–H and O–H groups in total. The summed E-state index contributed by atoms with van der Waals surface area (Å²) in [4.78, 5) is 13.5. The number of hydrogen-bond acceptors (Lipinski definition) is 3. The van der Waals surface area contributed by atoms with Crippen molar-refractivity contribution < 1.29 is 5.03 Å². The highest BCUT2D eigenvalue weighted by molar-refractivity contribution is 5.36. The Morgan fingerprint density at radius 2 is 2.50 bits per heavy atom. The summed E-state index contributed by atoms with van der Waals surface area (Å²) in [6, 6.07) is 3.18. The molecule has 0 amide bonds. The Kier molecular flexibility index (Phi) is 1.79. The van der Waals surface area contributed by atoms with Crippen LogP contribution in [0.2, 0.25) is 0 Å². The molecule has 0 aliphatic carbocycles. The van der Waals surface area contributed by atoms with E-state index in [4.69, 9.17) is 0 Å². The van der Waals surface area contributed by atoms with Gasteiger partial charge in [-0.1, -0.05) is 0 Å². The van der Waals surface area contributed by atoms with Crippen LogP contribution in [-0.2, 0) is 0 Å². The zero-order chi connectivity index (χ0) is 7.40. The van der Waals surface area contributed by atoms with Crippen LogP contribution >= 0.6 is 0 Å². The number of nitrogens with one attached hydrogen (secondary N) is 1. The van der Waals surface area contributed by atoms with Crippen molar-refractivity contribution in [2.24, 2.45) is 0 Å². The minimum atomic E-state index is -0.628. The molecule has 1 heterocycles. The molecule has 0 fully saturated rings. The number of nitrogens with zero attached hydrogens (tertiary/aromatic N) is 2. The fourth-order valence-corrected chi connectivity index (χ4v) is 0.534. The van der Waals surface area contributed by atoms with Crippen LogP contribution < -0.4 is 5.43 Å². The largest absolute Gasteiger partial charge is 0.262 e. The quantitative estimate of drug-likeness (QED) is 0.483. The highest BCUT2D eigenvalue weighted by atomic mass is 16.7. The molecule has 0 aromatic carbocycles. The van der Waals surface area contributed by atoms with Gasteiger partial charge in [-0.05, 0) is 12.1 Å². The summed E-state index contributed by atoms with van der Waals surface area (Å²) in [6.07, 6.45) is 2.92. The highest BCUT2D eigenvalue weighted by Gasteiger charge is 1.94. The van der Waals surface area contributed by atoms with Gasteiger partial charge >= 0.3 is 0 Å². The van der Waals surface area contributed by atoms with E-state index < -0.39 is 5.03 Å². The van der Waals surface area contributed by atoms with E-state index in [0.29, 0.717) is 5.69 Å². The van der Waals surface area contributed by atoms with Gasteiger partial charge in [0.2, 0.25) is 0 Å². The Bertz CT molecular complexity index is 224. The van der Waals surface area contributed by atoms with Gasteiger partial charge in [0.1, 0.15) is 5.69 Å². The second kappa shape index (κ2) is 2.77. The summed E-state index contributed by atoms with van der Waals surface area (Å²) in [5.74, 6) is 0. The predicted molar refractivity (Wildman–Crippen MR) is 34.9 cm³/mol. The van der Waals surface area contributed by atoms with E-state index in [-0.39, 0.29) is 0 Å². The first kappa shape index (κ1) is 6.47. The van der Waals surface area contributed by atoms with Crippen molar-refractivity contribution in [3.8, 4) is 0 Å². The van der Waals surface area contributed by atoms with Crippen LogP contribution in [0.5, 0.6) is 0 Å². The van der Waals surface area contributed by atoms with Gasteiger partial charge in [0.15, 0.2) is 5.03 Å². The Balaban J connectivity index is 2.67.